The molecule has 5 atom stereocenters. The fraction of sp³-hybridized carbons (Fsp3) is 0.867. The van der Waals surface area contributed by atoms with Gasteiger partial charge in [-0.05, 0) is 54.3 Å². The molecule has 3 saturated carbocycles. The highest BCUT2D eigenvalue weighted by Gasteiger charge is 2.66. The molecule has 1 N–H and O–H groups in total. The number of hydrogen-bond donors (Lipinski definition) is 1. The van der Waals surface area contributed by atoms with Crippen LogP contribution in [-0.4, -0.2) is 11.2 Å². The first kappa shape index (κ1) is 10.8. The lowest BCUT2D eigenvalue weighted by atomic mass is 9.67. The van der Waals surface area contributed by atoms with Crippen LogP contribution in [0.4, 0.5) is 0 Å². The van der Waals surface area contributed by atoms with Crippen molar-refractivity contribution in [1.29, 1.82) is 0 Å². The molecule has 1 heteroatoms. The maximum absolute atomic E-state index is 10.2. The van der Waals surface area contributed by atoms with Gasteiger partial charge in [0.1, 0.15) is 0 Å². The van der Waals surface area contributed by atoms with Crippen molar-refractivity contribution in [2.75, 3.05) is 0 Å². The van der Waals surface area contributed by atoms with Gasteiger partial charge < -0.3 is 5.11 Å². The fourth-order valence-corrected chi connectivity index (χ4v) is 5.38. The van der Waals surface area contributed by atoms with E-state index in [1.54, 1.807) is 0 Å². The van der Waals surface area contributed by atoms with Crippen LogP contribution in [0.15, 0.2) is 12.2 Å². The highest BCUT2D eigenvalue weighted by Crippen LogP contribution is 2.72. The van der Waals surface area contributed by atoms with Gasteiger partial charge in [-0.15, -0.1) is 0 Å². The Morgan fingerprint density at radius 2 is 2.06 bits per heavy atom. The quantitative estimate of drug-likeness (QED) is 0.620. The molecule has 0 aromatic carbocycles. The molecule has 0 amide bonds. The summed E-state index contributed by atoms with van der Waals surface area (Å²) in [5.41, 5.74) is 2.28. The minimum absolute atomic E-state index is 0.0587. The van der Waals surface area contributed by atoms with Crippen molar-refractivity contribution in [3.8, 4) is 0 Å². The van der Waals surface area contributed by atoms with Gasteiger partial charge in [0, 0.05) is 0 Å². The second kappa shape index (κ2) is 2.93. The summed E-state index contributed by atoms with van der Waals surface area (Å²) in [7, 11) is 0. The van der Waals surface area contributed by atoms with E-state index in [-0.39, 0.29) is 6.10 Å². The lowest BCUT2D eigenvalue weighted by Gasteiger charge is -2.38. The number of aliphatic hydroxyl groups is 1. The smallest absolute Gasteiger partial charge is 0.0574 e. The molecular formula is C15H24O. The predicted molar refractivity (Wildman–Crippen MR) is 66.0 cm³/mol. The summed E-state index contributed by atoms with van der Waals surface area (Å²) in [5, 5.41) is 10.2. The second-order valence-corrected chi connectivity index (χ2v) is 7.11. The van der Waals surface area contributed by atoms with Crippen LogP contribution in [-0.2, 0) is 0 Å². The van der Waals surface area contributed by atoms with E-state index < -0.39 is 0 Å². The number of allylic oxidation sites excluding steroid dienone is 1. The lowest BCUT2D eigenvalue weighted by molar-refractivity contribution is 0.0693. The molecule has 16 heavy (non-hydrogen) atoms. The summed E-state index contributed by atoms with van der Waals surface area (Å²) >= 11 is 0. The highest BCUT2D eigenvalue weighted by molar-refractivity contribution is 5.24. The van der Waals surface area contributed by atoms with Crippen LogP contribution in [0.5, 0.6) is 0 Å². The van der Waals surface area contributed by atoms with Crippen LogP contribution in [0.3, 0.4) is 0 Å². The zero-order valence-electron chi connectivity index (χ0n) is 10.8. The predicted octanol–water partition coefficient (Wildman–Crippen LogP) is 3.39. The number of aliphatic hydroxyl groups excluding tert-OH is 1. The van der Waals surface area contributed by atoms with Crippen molar-refractivity contribution in [3.05, 3.63) is 12.2 Å². The van der Waals surface area contributed by atoms with Gasteiger partial charge in [0.15, 0.2) is 0 Å². The Hall–Kier alpha value is -0.300. The van der Waals surface area contributed by atoms with E-state index >= 15 is 0 Å². The normalized spacial score (nSPS) is 54.1. The van der Waals surface area contributed by atoms with Crippen LogP contribution in [0.1, 0.15) is 46.5 Å². The molecule has 0 heterocycles. The van der Waals surface area contributed by atoms with Gasteiger partial charge in [0.2, 0.25) is 0 Å². The maximum Gasteiger partial charge on any atom is 0.0574 e. The molecule has 3 fully saturated rings. The monoisotopic (exact) mass is 220 g/mol. The minimum atomic E-state index is -0.0587. The van der Waals surface area contributed by atoms with E-state index in [4.69, 9.17) is 0 Å². The van der Waals surface area contributed by atoms with E-state index in [0.717, 1.165) is 6.42 Å². The zero-order chi connectivity index (χ0) is 11.7. The van der Waals surface area contributed by atoms with Gasteiger partial charge >= 0.3 is 0 Å². The average molecular weight is 220 g/mol. The maximum atomic E-state index is 10.2. The van der Waals surface area contributed by atoms with Gasteiger partial charge in [-0.1, -0.05) is 32.9 Å². The van der Waals surface area contributed by atoms with Gasteiger partial charge in [0.25, 0.3) is 0 Å². The van der Waals surface area contributed by atoms with E-state index in [9.17, 15) is 5.11 Å². The fourth-order valence-electron chi connectivity index (χ4n) is 5.38. The molecule has 0 aromatic heterocycles. The van der Waals surface area contributed by atoms with Gasteiger partial charge in [0.05, 0.1) is 6.10 Å². The summed E-state index contributed by atoms with van der Waals surface area (Å²) in [5.74, 6) is 1.92. The minimum Gasteiger partial charge on any atom is -0.393 e. The second-order valence-electron chi connectivity index (χ2n) is 7.11. The topological polar surface area (TPSA) is 20.2 Å². The third kappa shape index (κ3) is 1.01. The van der Waals surface area contributed by atoms with E-state index in [0.29, 0.717) is 28.6 Å². The van der Waals surface area contributed by atoms with Gasteiger partial charge in [-0.3, -0.25) is 0 Å². The molecule has 0 saturated heterocycles. The first-order chi connectivity index (χ1) is 7.39. The van der Waals surface area contributed by atoms with Crippen LogP contribution < -0.4 is 0 Å². The molecule has 1 spiro atoms. The largest absolute Gasteiger partial charge is 0.393 e. The molecule has 2 bridgehead atoms. The van der Waals surface area contributed by atoms with Crippen molar-refractivity contribution in [2.24, 2.45) is 28.6 Å². The summed E-state index contributed by atoms with van der Waals surface area (Å²) in [6, 6.07) is 0. The Morgan fingerprint density at radius 3 is 2.75 bits per heavy atom. The van der Waals surface area contributed by atoms with E-state index in [2.05, 4.69) is 27.4 Å². The number of hydrogen-bond acceptors (Lipinski definition) is 1. The van der Waals surface area contributed by atoms with Crippen LogP contribution >= 0.6 is 0 Å². The molecule has 1 nitrogen and oxygen atoms in total. The first-order valence-corrected chi connectivity index (χ1v) is 6.75. The average Bonchev–Trinajstić information content (AvgIpc) is 2.57. The summed E-state index contributed by atoms with van der Waals surface area (Å²) in [6.07, 6.45) is 4.73. The lowest BCUT2D eigenvalue weighted by Crippen LogP contribution is -2.32. The Bertz CT molecular complexity index is 343. The number of rotatable bonds is 0. The van der Waals surface area contributed by atoms with E-state index in [1.165, 1.54) is 24.8 Å². The molecule has 0 aliphatic heterocycles. The third-order valence-corrected chi connectivity index (χ3v) is 6.44. The summed E-state index contributed by atoms with van der Waals surface area (Å²) < 4.78 is 0. The molecular weight excluding hydrogens is 196 g/mol. The molecule has 3 rings (SSSR count). The van der Waals surface area contributed by atoms with Crippen molar-refractivity contribution < 1.29 is 5.11 Å². The highest BCUT2D eigenvalue weighted by atomic mass is 16.3. The third-order valence-electron chi connectivity index (χ3n) is 6.44. The Kier molecular flexibility index (Phi) is 1.98. The molecule has 3 aliphatic carbocycles. The first-order valence-electron chi connectivity index (χ1n) is 6.75. The molecule has 0 aromatic rings. The van der Waals surface area contributed by atoms with Crippen molar-refractivity contribution in [2.45, 2.75) is 52.6 Å². The Labute approximate surface area is 98.9 Å². The number of fused-ring (bicyclic) bond motifs is 1. The van der Waals surface area contributed by atoms with Crippen molar-refractivity contribution in [1.82, 2.24) is 0 Å². The van der Waals surface area contributed by atoms with Crippen LogP contribution in [0.2, 0.25) is 0 Å². The summed E-state index contributed by atoms with van der Waals surface area (Å²) in [6.45, 7) is 11.4. The molecule has 3 unspecified atom stereocenters. The molecule has 0 radical (unpaired) electrons. The standard InChI is InChI=1S/C15H24O/c1-9-5-6-15-8-11(9)14(3,4)13(15)7-12(16)10(15)2/h10-13,16H,1,5-8H2,2-4H3/t10-,11?,12-,13?,15?/m1/s1. The van der Waals surface area contributed by atoms with Gasteiger partial charge in [-0.25, -0.2) is 0 Å². The molecule has 3 aliphatic rings. The van der Waals surface area contributed by atoms with Gasteiger partial charge in [-0.2, -0.15) is 0 Å². The van der Waals surface area contributed by atoms with Crippen LogP contribution in [0, 0.1) is 28.6 Å². The van der Waals surface area contributed by atoms with E-state index in [1.807, 2.05) is 0 Å². The molecule has 90 valence electrons. The van der Waals surface area contributed by atoms with Crippen molar-refractivity contribution >= 4 is 0 Å². The van der Waals surface area contributed by atoms with Crippen LogP contribution in [0.25, 0.3) is 0 Å². The Balaban J connectivity index is 2.08. The Morgan fingerprint density at radius 1 is 1.38 bits per heavy atom. The zero-order valence-corrected chi connectivity index (χ0v) is 10.8. The van der Waals surface area contributed by atoms with Crippen molar-refractivity contribution in [3.63, 3.8) is 0 Å². The summed E-state index contributed by atoms with van der Waals surface area (Å²) in [4.78, 5) is 0. The SMILES string of the molecule is C=C1CCC23CC1C(C)(C)C2C[C@@H](O)[C@H]3C.